The van der Waals surface area contributed by atoms with Crippen LogP contribution in [0, 0.1) is 0 Å². The zero-order valence-corrected chi connectivity index (χ0v) is 16.7. The molecule has 2 aromatic carbocycles. The number of benzene rings is 2. The van der Waals surface area contributed by atoms with Crippen molar-refractivity contribution in [2.45, 2.75) is 64.9 Å². The predicted molar refractivity (Wildman–Crippen MR) is 108 cm³/mol. The fourth-order valence-corrected chi connectivity index (χ4v) is 3.46. The van der Waals surface area contributed by atoms with Gasteiger partial charge in [-0.2, -0.15) is 0 Å². The number of hydrogen-bond acceptors (Lipinski definition) is 3. The number of rotatable bonds is 5. The number of hydrogen-bond donors (Lipinski definition) is 0. The summed E-state index contributed by atoms with van der Waals surface area (Å²) in [5, 5.41) is 0. The van der Waals surface area contributed by atoms with Crippen molar-refractivity contribution in [2.24, 2.45) is 0 Å². The van der Waals surface area contributed by atoms with Gasteiger partial charge in [0.05, 0.1) is 0 Å². The topological polar surface area (TPSA) is 35.5 Å². The van der Waals surface area contributed by atoms with Crippen molar-refractivity contribution in [1.29, 1.82) is 0 Å². The van der Waals surface area contributed by atoms with Crippen molar-refractivity contribution in [3.05, 3.63) is 64.7 Å². The van der Waals surface area contributed by atoms with Gasteiger partial charge >= 0.3 is 5.97 Å². The molecule has 144 valence electrons. The Hall–Kier alpha value is -2.29. The van der Waals surface area contributed by atoms with Crippen LogP contribution >= 0.6 is 0 Å². The minimum atomic E-state index is -0.326. The van der Waals surface area contributed by atoms with Gasteiger partial charge in [0.2, 0.25) is 0 Å². The molecular weight excluding hydrogens is 336 g/mol. The fourth-order valence-electron chi connectivity index (χ4n) is 3.46. The Balaban J connectivity index is 1.69. The van der Waals surface area contributed by atoms with E-state index in [1.807, 2.05) is 30.3 Å². The standard InChI is InChI=1S/C24H30O3/c1-24(2,3)21-14-19-12-8-5-9-13-20(15-21)23(19)27-17-22(25)26-16-18-10-6-4-7-11-18/h4,6-7,10-11,14-15H,5,8-9,12-13,16-17H2,1-3H3. The molecule has 3 rings (SSSR count). The van der Waals surface area contributed by atoms with Gasteiger partial charge < -0.3 is 9.47 Å². The summed E-state index contributed by atoms with van der Waals surface area (Å²) in [5.74, 6) is 0.576. The normalized spacial score (nSPS) is 14.2. The van der Waals surface area contributed by atoms with Gasteiger partial charge in [-0.3, -0.25) is 0 Å². The molecule has 0 aliphatic heterocycles. The lowest BCUT2D eigenvalue weighted by Crippen LogP contribution is -2.18. The molecule has 0 radical (unpaired) electrons. The second kappa shape index (κ2) is 8.60. The van der Waals surface area contributed by atoms with Crippen LogP contribution in [0.15, 0.2) is 42.5 Å². The predicted octanol–water partition coefficient (Wildman–Crippen LogP) is 5.38. The number of carbonyl (C=O) groups excluding carboxylic acids is 1. The maximum Gasteiger partial charge on any atom is 0.344 e. The van der Waals surface area contributed by atoms with Crippen LogP contribution in [0.4, 0.5) is 0 Å². The molecule has 0 aromatic heterocycles. The number of esters is 1. The van der Waals surface area contributed by atoms with E-state index < -0.39 is 0 Å². The Morgan fingerprint density at radius 2 is 1.59 bits per heavy atom. The van der Waals surface area contributed by atoms with Crippen LogP contribution in [0.5, 0.6) is 5.75 Å². The van der Waals surface area contributed by atoms with E-state index in [9.17, 15) is 4.79 Å². The molecule has 0 N–H and O–H groups in total. The Bertz CT molecular complexity index is 745. The highest BCUT2D eigenvalue weighted by Crippen LogP contribution is 2.35. The Morgan fingerprint density at radius 3 is 2.19 bits per heavy atom. The van der Waals surface area contributed by atoms with Gasteiger partial charge in [0.15, 0.2) is 6.61 Å². The van der Waals surface area contributed by atoms with Crippen molar-refractivity contribution < 1.29 is 14.3 Å². The molecule has 1 aliphatic rings. The van der Waals surface area contributed by atoms with Gasteiger partial charge in [-0.1, -0.05) is 69.7 Å². The first-order valence-electron chi connectivity index (χ1n) is 9.92. The molecule has 2 aromatic rings. The summed E-state index contributed by atoms with van der Waals surface area (Å²) in [4.78, 5) is 12.2. The zero-order chi connectivity index (χ0) is 19.3. The van der Waals surface area contributed by atoms with Gasteiger partial charge in [0.1, 0.15) is 12.4 Å². The molecule has 0 fully saturated rings. The smallest absolute Gasteiger partial charge is 0.344 e. The summed E-state index contributed by atoms with van der Waals surface area (Å²) >= 11 is 0. The van der Waals surface area contributed by atoms with Crippen molar-refractivity contribution in [3.63, 3.8) is 0 Å². The quantitative estimate of drug-likeness (QED) is 0.667. The first-order valence-corrected chi connectivity index (χ1v) is 9.92. The maximum absolute atomic E-state index is 12.2. The van der Waals surface area contributed by atoms with Crippen molar-refractivity contribution >= 4 is 5.97 Å². The summed E-state index contributed by atoms with van der Waals surface area (Å²) in [6.07, 6.45) is 5.59. The molecular formula is C24H30O3. The van der Waals surface area contributed by atoms with E-state index in [0.717, 1.165) is 24.2 Å². The molecule has 0 unspecified atom stereocenters. The molecule has 3 heteroatoms. The average molecular weight is 367 g/mol. The fraction of sp³-hybridized carbons (Fsp3) is 0.458. The van der Waals surface area contributed by atoms with Crippen LogP contribution in [0.3, 0.4) is 0 Å². The zero-order valence-electron chi connectivity index (χ0n) is 16.7. The third kappa shape index (κ3) is 5.35. The maximum atomic E-state index is 12.2. The van der Waals surface area contributed by atoms with Crippen LogP contribution in [-0.4, -0.2) is 12.6 Å². The van der Waals surface area contributed by atoms with E-state index in [-0.39, 0.29) is 24.6 Å². The van der Waals surface area contributed by atoms with E-state index >= 15 is 0 Å². The molecule has 3 nitrogen and oxygen atoms in total. The third-order valence-corrected chi connectivity index (χ3v) is 5.08. The number of ether oxygens (including phenoxy) is 2. The van der Waals surface area contributed by atoms with E-state index in [2.05, 4.69) is 32.9 Å². The molecule has 0 saturated heterocycles. The lowest BCUT2D eigenvalue weighted by atomic mass is 9.82. The van der Waals surface area contributed by atoms with E-state index in [4.69, 9.17) is 9.47 Å². The lowest BCUT2D eigenvalue weighted by Gasteiger charge is -2.25. The van der Waals surface area contributed by atoms with E-state index in [1.54, 1.807) is 0 Å². The molecule has 0 amide bonds. The van der Waals surface area contributed by atoms with Gasteiger partial charge in [0.25, 0.3) is 0 Å². The number of aryl methyl sites for hydroxylation is 2. The van der Waals surface area contributed by atoms with Gasteiger partial charge in [-0.25, -0.2) is 4.79 Å². The van der Waals surface area contributed by atoms with E-state index in [1.165, 1.54) is 36.0 Å². The Morgan fingerprint density at radius 1 is 0.963 bits per heavy atom. The highest BCUT2D eigenvalue weighted by molar-refractivity contribution is 5.71. The van der Waals surface area contributed by atoms with Crippen molar-refractivity contribution in [3.8, 4) is 5.75 Å². The van der Waals surface area contributed by atoms with Crippen LogP contribution in [-0.2, 0) is 34.4 Å². The highest BCUT2D eigenvalue weighted by atomic mass is 16.6. The van der Waals surface area contributed by atoms with Crippen LogP contribution < -0.4 is 4.74 Å². The molecule has 0 saturated carbocycles. The average Bonchev–Trinajstić information content (AvgIpc) is 2.64. The molecule has 1 aliphatic carbocycles. The minimum absolute atomic E-state index is 0.0400. The van der Waals surface area contributed by atoms with E-state index in [0.29, 0.717) is 0 Å². The molecule has 0 spiro atoms. The minimum Gasteiger partial charge on any atom is -0.481 e. The highest BCUT2D eigenvalue weighted by Gasteiger charge is 2.21. The largest absolute Gasteiger partial charge is 0.481 e. The van der Waals surface area contributed by atoms with Crippen molar-refractivity contribution in [1.82, 2.24) is 0 Å². The Kier molecular flexibility index (Phi) is 6.20. The van der Waals surface area contributed by atoms with Crippen LogP contribution in [0.25, 0.3) is 0 Å². The van der Waals surface area contributed by atoms with Crippen LogP contribution in [0.1, 0.15) is 62.3 Å². The molecule has 27 heavy (non-hydrogen) atoms. The third-order valence-electron chi connectivity index (χ3n) is 5.08. The molecule has 2 bridgehead atoms. The number of fused-ring (bicyclic) bond motifs is 2. The summed E-state index contributed by atoms with van der Waals surface area (Å²) in [7, 11) is 0. The van der Waals surface area contributed by atoms with Gasteiger partial charge in [0, 0.05) is 0 Å². The summed E-state index contributed by atoms with van der Waals surface area (Å²) in [6, 6.07) is 14.2. The first-order chi connectivity index (χ1) is 12.9. The van der Waals surface area contributed by atoms with Gasteiger partial charge in [-0.05, 0) is 53.4 Å². The second-order valence-electron chi connectivity index (χ2n) is 8.37. The Labute approximate surface area is 162 Å². The SMILES string of the molecule is CC(C)(C)c1cc2c(OCC(=O)OCc3ccccc3)c(c1)CCCCC2. The molecule has 0 atom stereocenters. The summed E-state index contributed by atoms with van der Waals surface area (Å²) in [5.41, 5.74) is 4.89. The monoisotopic (exact) mass is 366 g/mol. The van der Waals surface area contributed by atoms with Crippen molar-refractivity contribution in [2.75, 3.05) is 6.61 Å². The number of carbonyl (C=O) groups is 1. The lowest BCUT2D eigenvalue weighted by molar-refractivity contribution is -0.147. The first kappa shape index (κ1) is 19.5. The van der Waals surface area contributed by atoms with Crippen LogP contribution in [0.2, 0.25) is 0 Å². The summed E-state index contributed by atoms with van der Waals surface area (Å²) in [6.45, 7) is 6.96. The van der Waals surface area contributed by atoms with Gasteiger partial charge in [-0.15, -0.1) is 0 Å². The summed E-state index contributed by atoms with van der Waals surface area (Å²) < 4.78 is 11.3. The molecule has 0 heterocycles. The second-order valence-corrected chi connectivity index (χ2v) is 8.37.